The number of nitrogens with two attached hydrogens (primary N) is 1. The summed E-state index contributed by atoms with van der Waals surface area (Å²) in [6.07, 6.45) is 0.0914. The molecule has 0 aromatic rings. The van der Waals surface area contributed by atoms with Gasteiger partial charge in [0.25, 0.3) is 0 Å². The average molecular weight is 232 g/mol. The molecular weight excluding hydrogens is 208 g/mol. The second kappa shape index (κ2) is 9.57. The Hall–Kier alpha value is -0.650. The van der Waals surface area contributed by atoms with E-state index in [1.165, 1.54) is 0 Å². The van der Waals surface area contributed by atoms with Crippen molar-refractivity contribution in [3.05, 3.63) is 0 Å². The lowest BCUT2D eigenvalue weighted by molar-refractivity contribution is -0.140. The van der Waals surface area contributed by atoms with Crippen LogP contribution in [0.2, 0.25) is 0 Å². The summed E-state index contributed by atoms with van der Waals surface area (Å²) in [5.74, 6) is 0.194. The fourth-order valence-electron chi connectivity index (χ4n) is 1.21. The zero-order valence-electron chi connectivity index (χ0n) is 10.5. The average Bonchev–Trinajstić information content (AvgIpc) is 2.26. The van der Waals surface area contributed by atoms with Crippen LogP contribution in [-0.4, -0.2) is 38.5 Å². The highest BCUT2D eigenvalue weighted by atomic mass is 16.7. The van der Waals surface area contributed by atoms with Crippen LogP contribution in [-0.2, 0) is 14.3 Å². The zero-order chi connectivity index (χ0) is 12.4. The van der Waals surface area contributed by atoms with Gasteiger partial charge in [0.2, 0.25) is 5.91 Å². The maximum atomic E-state index is 11.4. The topological polar surface area (TPSA) is 73.6 Å². The molecule has 0 aliphatic heterocycles. The normalized spacial score (nSPS) is 12.8. The molecule has 5 nitrogen and oxygen atoms in total. The summed E-state index contributed by atoms with van der Waals surface area (Å²) in [5, 5.41) is 2.77. The smallest absolute Gasteiger partial charge is 0.220 e. The van der Waals surface area contributed by atoms with Crippen molar-refractivity contribution in [2.75, 3.05) is 26.3 Å². The fraction of sp³-hybridized carbons (Fsp3) is 0.909. The molecule has 3 N–H and O–H groups in total. The number of amides is 1. The number of hydrogen-bond donors (Lipinski definition) is 2. The van der Waals surface area contributed by atoms with Crippen molar-refractivity contribution in [3.63, 3.8) is 0 Å². The monoisotopic (exact) mass is 232 g/mol. The Morgan fingerprint density at radius 1 is 1.31 bits per heavy atom. The Kier molecular flexibility index (Phi) is 9.18. The van der Waals surface area contributed by atoms with E-state index in [1.54, 1.807) is 0 Å². The molecule has 1 atom stereocenters. The fourth-order valence-corrected chi connectivity index (χ4v) is 1.21. The van der Waals surface area contributed by atoms with Crippen LogP contribution in [0.15, 0.2) is 0 Å². The summed E-state index contributed by atoms with van der Waals surface area (Å²) in [6.45, 7) is 7.78. The number of rotatable bonds is 9. The van der Waals surface area contributed by atoms with Crippen LogP contribution >= 0.6 is 0 Å². The Labute approximate surface area is 97.7 Å². The molecule has 0 bridgehead atoms. The number of carbonyl (C=O) groups excluding carboxylic acids is 1. The minimum absolute atomic E-state index is 0.0117. The highest BCUT2D eigenvalue weighted by molar-refractivity contribution is 5.76. The van der Waals surface area contributed by atoms with Gasteiger partial charge in [0.15, 0.2) is 6.29 Å². The first-order valence-corrected chi connectivity index (χ1v) is 5.83. The van der Waals surface area contributed by atoms with Crippen LogP contribution in [0.4, 0.5) is 0 Å². The first kappa shape index (κ1) is 15.3. The van der Waals surface area contributed by atoms with Gasteiger partial charge >= 0.3 is 0 Å². The van der Waals surface area contributed by atoms with Crippen molar-refractivity contribution >= 4 is 5.91 Å². The molecule has 0 fully saturated rings. The van der Waals surface area contributed by atoms with Crippen molar-refractivity contribution in [3.8, 4) is 0 Å². The van der Waals surface area contributed by atoms with Crippen molar-refractivity contribution in [2.24, 2.45) is 11.7 Å². The van der Waals surface area contributed by atoms with E-state index in [9.17, 15) is 4.79 Å². The molecule has 0 rings (SSSR count). The van der Waals surface area contributed by atoms with Gasteiger partial charge in [-0.3, -0.25) is 4.79 Å². The number of nitrogens with one attached hydrogen (secondary N) is 1. The standard InChI is InChI=1S/C11H24N2O3/c1-4-15-11(16-5-2)8-13-10(14)6-9(3)7-12/h9,11H,4-8,12H2,1-3H3,(H,13,14). The molecule has 0 aromatic carbocycles. The molecule has 0 aliphatic carbocycles. The van der Waals surface area contributed by atoms with E-state index in [2.05, 4.69) is 5.32 Å². The van der Waals surface area contributed by atoms with Crippen LogP contribution in [0, 0.1) is 5.92 Å². The van der Waals surface area contributed by atoms with Crippen LogP contribution in [0.25, 0.3) is 0 Å². The summed E-state index contributed by atoms with van der Waals surface area (Å²) in [6, 6.07) is 0. The number of carbonyl (C=O) groups is 1. The first-order valence-electron chi connectivity index (χ1n) is 5.83. The van der Waals surface area contributed by atoms with Crippen molar-refractivity contribution < 1.29 is 14.3 Å². The van der Waals surface area contributed by atoms with Gasteiger partial charge in [-0.1, -0.05) is 6.92 Å². The number of hydrogen-bond acceptors (Lipinski definition) is 4. The minimum atomic E-state index is -0.355. The van der Waals surface area contributed by atoms with Gasteiger partial charge in [-0.15, -0.1) is 0 Å². The minimum Gasteiger partial charge on any atom is -0.351 e. The molecule has 0 saturated heterocycles. The molecule has 0 spiro atoms. The molecule has 96 valence electrons. The van der Waals surface area contributed by atoms with Gasteiger partial charge in [-0.2, -0.15) is 0 Å². The zero-order valence-corrected chi connectivity index (χ0v) is 10.5. The largest absolute Gasteiger partial charge is 0.351 e. The van der Waals surface area contributed by atoms with Crippen molar-refractivity contribution in [2.45, 2.75) is 33.5 Å². The lowest BCUT2D eigenvalue weighted by Crippen LogP contribution is -2.36. The Morgan fingerprint density at radius 3 is 2.31 bits per heavy atom. The summed E-state index contributed by atoms with van der Waals surface area (Å²) in [7, 11) is 0. The highest BCUT2D eigenvalue weighted by Crippen LogP contribution is 1.99. The SMILES string of the molecule is CCOC(CNC(=O)CC(C)CN)OCC. The van der Waals surface area contributed by atoms with E-state index in [0.717, 1.165) is 0 Å². The van der Waals surface area contributed by atoms with Crippen LogP contribution in [0.1, 0.15) is 27.2 Å². The van der Waals surface area contributed by atoms with Gasteiger partial charge in [0, 0.05) is 19.6 Å². The quantitative estimate of drug-likeness (QED) is 0.567. The third-order valence-electron chi connectivity index (χ3n) is 2.11. The molecule has 0 aliphatic rings. The Bertz CT molecular complexity index is 182. The lowest BCUT2D eigenvalue weighted by atomic mass is 10.1. The maximum Gasteiger partial charge on any atom is 0.220 e. The van der Waals surface area contributed by atoms with E-state index in [1.807, 2.05) is 20.8 Å². The summed E-state index contributed by atoms with van der Waals surface area (Å²) in [5.41, 5.74) is 5.44. The lowest BCUT2D eigenvalue weighted by Gasteiger charge is -2.18. The summed E-state index contributed by atoms with van der Waals surface area (Å²) < 4.78 is 10.6. The van der Waals surface area contributed by atoms with Crippen molar-refractivity contribution in [1.29, 1.82) is 0 Å². The third-order valence-corrected chi connectivity index (χ3v) is 2.11. The summed E-state index contributed by atoms with van der Waals surface area (Å²) in [4.78, 5) is 11.4. The van der Waals surface area contributed by atoms with Crippen LogP contribution < -0.4 is 11.1 Å². The second-order valence-electron chi connectivity index (χ2n) is 3.69. The molecule has 5 heteroatoms. The maximum absolute atomic E-state index is 11.4. The van der Waals surface area contributed by atoms with E-state index in [0.29, 0.717) is 32.7 Å². The van der Waals surface area contributed by atoms with Crippen LogP contribution in [0.5, 0.6) is 0 Å². The molecule has 0 radical (unpaired) electrons. The van der Waals surface area contributed by atoms with E-state index in [-0.39, 0.29) is 18.1 Å². The van der Waals surface area contributed by atoms with E-state index >= 15 is 0 Å². The molecule has 1 amide bonds. The Morgan fingerprint density at radius 2 is 1.88 bits per heavy atom. The number of ether oxygens (including phenoxy) is 2. The Balaban J connectivity index is 3.77. The predicted octanol–water partition coefficient (Wildman–Crippen LogP) is 0.487. The van der Waals surface area contributed by atoms with Gasteiger partial charge in [0.05, 0.1) is 6.54 Å². The van der Waals surface area contributed by atoms with E-state index in [4.69, 9.17) is 15.2 Å². The molecular formula is C11H24N2O3. The van der Waals surface area contributed by atoms with Gasteiger partial charge < -0.3 is 20.5 Å². The van der Waals surface area contributed by atoms with Gasteiger partial charge in [0.1, 0.15) is 0 Å². The molecule has 0 saturated carbocycles. The molecule has 16 heavy (non-hydrogen) atoms. The van der Waals surface area contributed by atoms with E-state index < -0.39 is 0 Å². The van der Waals surface area contributed by atoms with Gasteiger partial charge in [-0.25, -0.2) is 0 Å². The highest BCUT2D eigenvalue weighted by Gasteiger charge is 2.11. The third kappa shape index (κ3) is 7.62. The molecule has 0 aromatic heterocycles. The van der Waals surface area contributed by atoms with Crippen molar-refractivity contribution in [1.82, 2.24) is 5.32 Å². The molecule has 1 unspecified atom stereocenters. The predicted molar refractivity (Wildman–Crippen MR) is 62.9 cm³/mol. The first-order chi connectivity index (χ1) is 7.63. The second-order valence-corrected chi connectivity index (χ2v) is 3.69. The van der Waals surface area contributed by atoms with Gasteiger partial charge in [-0.05, 0) is 26.3 Å². The molecule has 0 heterocycles. The van der Waals surface area contributed by atoms with Crippen LogP contribution in [0.3, 0.4) is 0 Å². The summed E-state index contributed by atoms with van der Waals surface area (Å²) >= 11 is 0.